The lowest BCUT2D eigenvalue weighted by molar-refractivity contribution is -0.146. The van der Waals surface area contributed by atoms with Gasteiger partial charge in [-0.25, -0.2) is 4.79 Å². The van der Waals surface area contributed by atoms with E-state index in [4.69, 9.17) is 4.74 Å². The summed E-state index contributed by atoms with van der Waals surface area (Å²) < 4.78 is 5.61. The molecule has 3 rings (SSSR count). The van der Waals surface area contributed by atoms with Crippen LogP contribution in [0.15, 0.2) is 48.5 Å². The maximum atomic E-state index is 13.3. The molecule has 8 nitrogen and oxygen atoms in total. The Bertz CT molecular complexity index is 1030. The smallest absolute Gasteiger partial charge is 0.407 e. The maximum Gasteiger partial charge on any atom is 0.407 e. The van der Waals surface area contributed by atoms with Crippen LogP contribution in [0.3, 0.4) is 0 Å². The number of ether oxygens (including phenoxy) is 1. The Balaban J connectivity index is 1.72. The molecule has 2 N–H and O–H groups in total. The van der Waals surface area contributed by atoms with E-state index >= 15 is 0 Å². The van der Waals surface area contributed by atoms with E-state index in [9.17, 15) is 19.5 Å². The first kappa shape index (κ1) is 26.2. The number of carbonyl (C=O) groups is 3. The second-order valence-corrected chi connectivity index (χ2v) is 10.4. The summed E-state index contributed by atoms with van der Waals surface area (Å²) in [4.78, 5) is 40.5. The van der Waals surface area contributed by atoms with Gasteiger partial charge >= 0.3 is 12.1 Å². The molecular weight excluding hydrogens is 446 g/mol. The van der Waals surface area contributed by atoms with Gasteiger partial charge in [0.05, 0.1) is 0 Å². The largest absolute Gasteiger partial charge is 0.480 e. The molecule has 8 heteroatoms. The third kappa shape index (κ3) is 6.82. The number of benzene rings is 2. The van der Waals surface area contributed by atoms with Gasteiger partial charge in [-0.3, -0.25) is 9.59 Å². The predicted molar refractivity (Wildman–Crippen MR) is 134 cm³/mol. The van der Waals surface area contributed by atoms with Crippen LogP contribution in [-0.2, 0) is 14.3 Å². The van der Waals surface area contributed by atoms with Crippen molar-refractivity contribution in [2.75, 3.05) is 40.3 Å². The number of amides is 2. The highest BCUT2D eigenvalue weighted by Crippen LogP contribution is 2.44. The number of hydrogen-bond acceptors (Lipinski definition) is 5. The Kier molecular flexibility index (Phi) is 8.17. The summed E-state index contributed by atoms with van der Waals surface area (Å²) in [5, 5.41) is 12.0. The van der Waals surface area contributed by atoms with Crippen molar-refractivity contribution in [3.8, 4) is 11.1 Å². The summed E-state index contributed by atoms with van der Waals surface area (Å²) in [6.45, 7) is 5.92. The quantitative estimate of drug-likeness (QED) is 0.570. The molecule has 1 aliphatic carbocycles. The Labute approximate surface area is 206 Å². The average Bonchev–Trinajstić information content (AvgIpc) is 3.08. The second-order valence-electron chi connectivity index (χ2n) is 10.4. The zero-order valence-corrected chi connectivity index (χ0v) is 21.1. The summed E-state index contributed by atoms with van der Waals surface area (Å²) in [6, 6.07) is 15.2. The van der Waals surface area contributed by atoms with E-state index in [0.717, 1.165) is 22.3 Å². The van der Waals surface area contributed by atoms with Gasteiger partial charge in [-0.15, -0.1) is 0 Å². The maximum absolute atomic E-state index is 13.3. The molecule has 0 radical (unpaired) electrons. The monoisotopic (exact) mass is 481 g/mol. The number of carboxylic acids is 1. The van der Waals surface area contributed by atoms with Crippen LogP contribution < -0.4 is 5.32 Å². The molecule has 1 unspecified atom stereocenters. The highest BCUT2D eigenvalue weighted by Gasteiger charge is 2.32. The van der Waals surface area contributed by atoms with E-state index in [2.05, 4.69) is 17.4 Å². The first-order chi connectivity index (χ1) is 16.5. The second kappa shape index (κ2) is 10.9. The van der Waals surface area contributed by atoms with Gasteiger partial charge in [0.15, 0.2) is 0 Å². The molecule has 0 saturated carbocycles. The lowest BCUT2D eigenvalue weighted by atomic mass is 9.95. The number of nitrogens with zero attached hydrogens (tertiary/aromatic N) is 2. The van der Waals surface area contributed by atoms with Crippen molar-refractivity contribution in [1.29, 1.82) is 0 Å². The normalized spacial score (nSPS) is 13.7. The fourth-order valence-corrected chi connectivity index (χ4v) is 4.50. The summed E-state index contributed by atoms with van der Waals surface area (Å²) in [5.41, 5.74) is 4.14. The average molecular weight is 482 g/mol. The van der Waals surface area contributed by atoms with Crippen LogP contribution in [-0.4, -0.2) is 79.3 Å². The van der Waals surface area contributed by atoms with Crippen LogP contribution in [0, 0.1) is 5.41 Å². The van der Waals surface area contributed by atoms with Gasteiger partial charge < -0.3 is 25.0 Å². The van der Waals surface area contributed by atoms with Crippen molar-refractivity contribution >= 4 is 18.0 Å². The molecule has 1 aliphatic rings. The first-order valence-corrected chi connectivity index (χ1v) is 11.7. The number of fused-ring (bicyclic) bond motifs is 3. The zero-order valence-electron chi connectivity index (χ0n) is 21.1. The summed E-state index contributed by atoms with van der Waals surface area (Å²) in [7, 11) is 3.57. The van der Waals surface area contributed by atoms with Gasteiger partial charge in [-0.2, -0.15) is 0 Å². The van der Waals surface area contributed by atoms with Crippen molar-refractivity contribution < 1.29 is 24.2 Å². The predicted octanol–water partition coefficient (Wildman–Crippen LogP) is 3.41. The van der Waals surface area contributed by atoms with Crippen LogP contribution in [0.4, 0.5) is 4.79 Å². The lowest BCUT2D eigenvalue weighted by Crippen LogP contribution is -2.55. The molecule has 2 aromatic carbocycles. The van der Waals surface area contributed by atoms with Crippen molar-refractivity contribution in [1.82, 2.24) is 15.1 Å². The number of carboxylic acid groups (broad SMARTS) is 1. The van der Waals surface area contributed by atoms with Crippen molar-refractivity contribution in [2.45, 2.75) is 32.7 Å². The highest BCUT2D eigenvalue weighted by atomic mass is 16.5. The van der Waals surface area contributed by atoms with E-state index in [1.165, 1.54) is 4.90 Å². The number of likely N-dealkylation sites (N-methyl/N-ethyl adjacent to an activating group) is 1. The molecule has 0 aromatic heterocycles. The fourth-order valence-electron chi connectivity index (χ4n) is 4.50. The molecule has 0 aliphatic heterocycles. The van der Waals surface area contributed by atoms with Crippen LogP contribution in [0.1, 0.15) is 37.8 Å². The van der Waals surface area contributed by atoms with Gasteiger partial charge in [0.25, 0.3) is 0 Å². The topological polar surface area (TPSA) is 99.2 Å². The number of nitrogens with one attached hydrogen (secondary N) is 1. The molecule has 2 aromatic rings. The molecular formula is C27H35N3O5. The Morgan fingerprint density at radius 2 is 1.54 bits per heavy atom. The first-order valence-electron chi connectivity index (χ1n) is 11.7. The standard InChI is InChI=1S/C27H35N3O5/c1-27(2,3)17-30(15-24(31)32)25(33)23(14-29(4)5)28-26(34)35-16-22-20-12-8-6-10-18(20)19-11-7-9-13-21(19)22/h6-13,22-23H,14-17H2,1-5H3,(H,28,34)(H,31,32). The molecule has 0 bridgehead atoms. The Morgan fingerprint density at radius 1 is 1.00 bits per heavy atom. The van der Waals surface area contributed by atoms with E-state index in [1.807, 2.05) is 57.2 Å². The summed E-state index contributed by atoms with van der Waals surface area (Å²) in [5.74, 6) is -1.66. The minimum Gasteiger partial charge on any atom is -0.480 e. The van der Waals surface area contributed by atoms with E-state index < -0.39 is 30.6 Å². The zero-order chi connectivity index (χ0) is 25.8. The fraction of sp³-hybridized carbons (Fsp3) is 0.444. The van der Waals surface area contributed by atoms with Crippen LogP contribution in [0.2, 0.25) is 0 Å². The van der Waals surface area contributed by atoms with Crippen LogP contribution >= 0.6 is 0 Å². The third-order valence-electron chi connectivity index (χ3n) is 5.78. The van der Waals surface area contributed by atoms with E-state index in [1.54, 1.807) is 19.0 Å². The minimum atomic E-state index is -1.10. The molecule has 0 heterocycles. The van der Waals surface area contributed by atoms with Gasteiger partial charge in [-0.05, 0) is 41.8 Å². The Morgan fingerprint density at radius 3 is 2.03 bits per heavy atom. The molecule has 1 atom stereocenters. The molecule has 35 heavy (non-hydrogen) atoms. The van der Waals surface area contributed by atoms with E-state index in [0.29, 0.717) is 0 Å². The van der Waals surface area contributed by atoms with Gasteiger partial charge in [0, 0.05) is 19.0 Å². The lowest BCUT2D eigenvalue weighted by Gasteiger charge is -2.32. The number of carbonyl (C=O) groups excluding carboxylic acids is 2. The van der Waals surface area contributed by atoms with Gasteiger partial charge in [-0.1, -0.05) is 69.3 Å². The Hall–Kier alpha value is -3.39. The molecule has 188 valence electrons. The molecule has 0 saturated heterocycles. The van der Waals surface area contributed by atoms with Crippen LogP contribution in [0.25, 0.3) is 11.1 Å². The van der Waals surface area contributed by atoms with Crippen molar-refractivity contribution in [2.24, 2.45) is 5.41 Å². The third-order valence-corrected chi connectivity index (χ3v) is 5.78. The minimum absolute atomic E-state index is 0.0967. The molecule has 2 amide bonds. The van der Waals surface area contributed by atoms with Crippen LogP contribution in [0.5, 0.6) is 0 Å². The summed E-state index contributed by atoms with van der Waals surface area (Å²) in [6.07, 6.45) is -0.710. The van der Waals surface area contributed by atoms with Gasteiger partial charge in [0.1, 0.15) is 19.2 Å². The SMILES string of the molecule is CN(C)CC(NC(=O)OCC1c2ccccc2-c2ccccc21)C(=O)N(CC(=O)O)CC(C)(C)C. The number of alkyl carbamates (subject to hydrolysis) is 1. The van der Waals surface area contributed by atoms with Crippen molar-refractivity contribution in [3.05, 3.63) is 59.7 Å². The summed E-state index contributed by atoms with van der Waals surface area (Å²) >= 11 is 0. The van der Waals surface area contributed by atoms with Crippen molar-refractivity contribution in [3.63, 3.8) is 0 Å². The number of rotatable bonds is 9. The molecule has 0 fully saturated rings. The number of hydrogen-bond donors (Lipinski definition) is 2. The highest BCUT2D eigenvalue weighted by molar-refractivity contribution is 5.88. The van der Waals surface area contributed by atoms with Gasteiger partial charge in [0.2, 0.25) is 5.91 Å². The van der Waals surface area contributed by atoms with E-state index in [-0.39, 0.29) is 31.0 Å². The molecule has 0 spiro atoms. The number of aliphatic carboxylic acids is 1.